The standard InChI is InChI=1S/C18H19FN2O3/c1-10-16-12(11-4-3-5-13(19)15(11)21-10)6-7-18(24-16)8-14(20-9-18)17(22)23-2/h3-5,14,20H,6-9H2,1-2H3/t14-,18-/m0/s1. The van der Waals surface area contributed by atoms with Crippen LogP contribution < -0.4 is 10.1 Å². The van der Waals surface area contributed by atoms with E-state index in [1.165, 1.54) is 13.2 Å². The van der Waals surface area contributed by atoms with Crippen LogP contribution >= 0.6 is 0 Å². The number of carbonyl (C=O) groups excluding carboxylic acids is 1. The van der Waals surface area contributed by atoms with Crippen LogP contribution in [0.25, 0.3) is 10.9 Å². The number of ether oxygens (including phenoxy) is 2. The zero-order valence-corrected chi connectivity index (χ0v) is 13.7. The first kappa shape index (κ1) is 15.3. The minimum Gasteiger partial charge on any atom is -0.484 e. The summed E-state index contributed by atoms with van der Waals surface area (Å²) in [5.41, 5.74) is 1.65. The summed E-state index contributed by atoms with van der Waals surface area (Å²) in [6, 6.07) is 4.66. The van der Waals surface area contributed by atoms with Crippen LogP contribution in [0.1, 0.15) is 24.1 Å². The Kier molecular flexibility index (Phi) is 3.46. The van der Waals surface area contributed by atoms with Crippen LogP contribution in [0, 0.1) is 12.7 Å². The van der Waals surface area contributed by atoms with E-state index in [-0.39, 0.29) is 17.8 Å². The quantitative estimate of drug-likeness (QED) is 0.813. The summed E-state index contributed by atoms with van der Waals surface area (Å²) in [4.78, 5) is 16.2. The van der Waals surface area contributed by atoms with E-state index >= 15 is 0 Å². The molecule has 2 aliphatic heterocycles. The summed E-state index contributed by atoms with van der Waals surface area (Å²) >= 11 is 0. The molecule has 2 aliphatic rings. The molecule has 1 aromatic heterocycles. The Bertz CT molecular complexity index is 839. The Morgan fingerprint density at radius 1 is 1.50 bits per heavy atom. The molecule has 0 amide bonds. The number of hydrogen-bond acceptors (Lipinski definition) is 5. The number of carbonyl (C=O) groups is 1. The first-order chi connectivity index (χ1) is 11.5. The van der Waals surface area contributed by atoms with E-state index in [0.717, 1.165) is 29.5 Å². The average molecular weight is 330 g/mol. The number of methoxy groups -OCH3 is 1. The second kappa shape index (κ2) is 5.41. The molecule has 3 heterocycles. The summed E-state index contributed by atoms with van der Waals surface area (Å²) in [5, 5.41) is 3.99. The fourth-order valence-corrected chi connectivity index (χ4v) is 3.84. The van der Waals surface area contributed by atoms with Crippen molar-refractivity contribution in [2.45, 2.75) is 37.8 Å². The minimum atomic E-state index is -0.431. The number of nitrogens with one attached hydrogen (secondary N) is 1. The molecule has 2 aromatic rings. The van der Waals surface area contributed by atoms with Crippen molar-refractivity contribution in [3.63, 3.8) is 0 Å². The fourth-order valence-electron chi connectivity index (χ4n) is 3.84. The molecule has 0 bridgehead atoms. The first-order valence-electron chi connectivity index (χ1n) is 8.11. The molecular formula is C18H19FN2O3. The van der Waals surface area contributed by atoms with Crippen LogP contribution in [0.2, 0.25) is 0 Å². The molecule has 6 heteroatoms. The number of pyridine rings is 1. The maximum absolute atomic E-state index is 14.0. The molecule has 0 saturated carbocycles. The van der Waals surface area contributed by atoms with Crippen molar-refractivity contribution in [3.05, 3.63) is 35.3 Å². The molecule has 1 saturated heterocycles. The van der Waals surface area contributed by atoms with Gasteiger partial charge in [-0.05, 0) is 25.8 Å². The molecule has 1 fully saturated rings. The number of benzene rings is 1. The Hall–Kier alpha value is -2.21. The van der Waals surface area contributed by atoms with Crippen molar-refractivity contribution in [3.8, 4) is 5.75 Å². The highest BCUT2D eigenvalue weighted by Gasteiger charge is 2.46. The predicted octanol–water partition coefficient (Wildman–Crippen LogP) is 2.28. The van der Waals surface area contributed by atoms with Gasteiger partial charge in [0.25, 0.3) is 0 Å². The van der Waals surface area contributed by atoms with E-state index in [0.29, 0.717) is 24.2 Å². The van der Waals surface area contributed by atoms with Gasteiger partial charge in [-0.2, -0.15) is 0 Å². The van der Waals surface area contributed by atoms with E-state index in [1.54, 1.807) is 6.07 Å². The Morgan fingerprint density at radius 2 is 2.33 bits per heavy atom. The third kappa shape index (κ3) is 2.24. The van der Waals surface area contributed by atoms with Crippen LogP contribution in [0.5, 0.6) is 5.75 Å². The molecule has 1 aromatic carbocycles. The Labute approximate surface area is 139 Å². The van der Waals surface area contributed by atoms with Gasteiger partial charge in [0.15, 0.2) is 0 Å². The lowest BCUT2D eigenvalue weighted by Crippen LogP contribution is -2.42. The largest absolute Gasteiger partial charge is 0.484 e. The maximum Gasteiger partial charge on any atom is 0.323 e. The molecule has 0 radical (unpaired) electrons. The lowest BCUT2D eigenvalue weighted by atomic mass is 9.87. The average Bonchev–Trinajstić information content (AvgIpc) is 2.99. The van der Waals surface area contributed by atoms with E-state index in [4.69, 9.17) is 9.47 Å². The molecule has 126 valence electrons. The Balaban J connectivity index is 1.73. The van der Waals surface area contributed by atoms with E-state index < -0.39 is 5.60 Å². The van der Waals surface area contributed by atoms with E-state index in [1.807, 2.05) is 13.0 Å². The van der Waals surface area contributed by atoms with Crippen LogP contribution in [-0.4, -0.2) is 36.3 Å². The summed E-state index contributed by atoms with van der Waals surface area (Å²) in [6.07, 6.45) is 2.11. The number of halogens is 1. The lowest BCUT2D eigenvalue weighted by molar-refractivity contribution is -0.143. The number of para-hydroxylation sites is 1. The monoisotopic (exact) mass is 330 g/mol. The minimum absolute atomic E-state index is 0.267. The smallest absolute Gasteiger partial charge is 0.323 e. The van der Waals surface area contributed by atoms with Crippen LogP contribution in [0.3, 0.4) is 0 Å². The summed E-state index contributed by atoms with van der Waals surface area (Å²) in [7, 11) is 1.39. The molecule has 0 aliphatic carbocycles. The van der Waals surface area contributed by atoms with Gasteiger partial charge in [0, 0.05) is 23.9 Å². The second-order valence-electron chi connectivity index (χ2n) is 6.59. The number of esters is 1. The van der Waals surface area contributed by atoms with Gasteiger partial charge in [-0.3, -0.25) is 4.79 Å². The topological polar surface area (TPSA) is 60.5 Å². The molecule has 5 nitrogen and oxygen atoms in total. The number of aromatic nitrogens is 1. The highest BCUT2D eigenvalue weighted by Crippen LogP contribution is 2.42. The van der Waals surface area contributed by atoms with Crippen molar-refractivity contribution >= 4 is 16.9 Å². The summed E-state index contributed by atoms with van der Waals surface area (Å²) in [6.45, 7) is 2.43. The van der Waals surface area contributed by atoms with Gasteiger partial charge >= 0.3 is 5.97 Å². The molecule has 0 unspecified atom stereocenters. The van der Waals surface area contributed by atoms with Crippen molar-refractivity contribution < 1.29 is 18.7 Å². The SMILES string of the molecule is COC(=O)[C@@H]1C[C@@]2(CCc3c(c(C)nc4c(F)cccc34)O2)CN1. The normalized spacial score (nSPS) is 25.5. The van der Waals surface area contributed by atoms with Crippen molar-refractivity contribution in [2.24, 2.45) is 0 Å². The number of nitrogens with zero attached hydrogens (tertiary/aromatic N) is 1. The molecular weight excluding hydrogens is 311 g/mol. The van der Waals surface area contributed by atoms with Gasteiger partial charge in [0.05, 0.1) is 12.8 Å². The number of rotatable bonds is 1. The van der Waals surface area contributed by atoms with Gasteiger partial charge in [-0.1, -0.05) is 12.1 Å². The third-order valence-electron chi connectivity index (χ3n) is 5.08. The van der Waals surface area contributed by atoms with Crippen molar-refractivity contribution in [1.82, 2.24) is 10.3 Å². The fraction of sp³-hybridized carbons (Fsp3) is 0.444. The summed E-state index contributed by atoms with van der Waals surface area (Å²) < 4.78 is 25.2. The molecule has 2 atom stereocenters. The predicted molar refractivity (Wildman–Crippen MR) is 86.5 cm³/mol. The summed E-state index contributed by atoms with van der Waals surface area (Å²) in [5.74, 6) is 0.148. The Morgan fingerprint density at radius 3 is 3.12 bits per heavy atom. The van der Waals surface area contributed by atoms with Crippen LogP contribution in [-0.2, 0) is 16.0 Å². The molecule has 1 spiro atoms. The van der Waals surface area contributed by atoms with Crippen molar-refractivity contribution in [1.29, 1.82) is 0 Å². The van der Waals surface area contributed by atoms with E-state index in [2.05, 4.69) is 10.3 Å². The van der Waals surface area contributed by atoms with Gasteiger partial charge in [0.1, 0.15) is 28.7 Å². The molecule has 1 N–H and O–H groups in total. The molecule has 24 heavy (non-hydrogen) atoms. The highest BCUT2D eigenvalue weighted by atomic mass is 19.1. The zero-order chi connectivity index (χ0) is 16.9. The zero-order valence-electron chi connectivity index (χ0n) is 13.7. The van der Waals surface area contributed by atoms with Gasteiger partial charge in [-0.25, -0.2) is 9.37 Å². The number of aryl methyl sites for hydroxylation is 2. The molecule has 4 rings (SSSR count). The number of hydrogen-bond donors (Lipinski definition) is 1. The van der Waals surface area contributed by atoms with E-state index in [9.17, 15) is 9.18 Å². The lowest BCUT2D eigenvalue weighted by Gasteiger charge is -2.36. The highest BCUT2D eigenvalue weighted by molar-refractivity contribution is 5.85. The maximum atomic E-state index is 14.0. The van der Waals surface area contributed by atoms with Gasteiger partial charge < -0.3 is 14.8 Å². The second-order valence-corrected chi connectivity index (χ2v) is 6.59. The first-order valence-corrected chi connectivity index (χ1v) is 8.11. The van der Waals surface area contributed by atoms with Crippen LogP contribution in [0.4, 0.5) is 4.39 Å². The van der Waals surface area contributed by atoms with Gasteiger partial charge in [-0.15, -0.1) is 0 Å². The number of fused-ring (bicyclic) bond motifs is 3. The van der Waals surface area contributed by atoms with Gasteiger partial charge in [0.2, 0.25) is 0 Å². The van der Waals surface area contributed by atoms with Crippen LogP contribution in [0.15, 0.2) is 18.2 Å². The van der Waals surface area contributed by atoms with Crippen molar-refractivity contribution in [2.75, 3.05) is 13.7 Å². The third-order valence-corrected chi connectivity index (χ3v) is 5.08.